The third-order valence-electron chi connectivity index (χ3n) is 5.74. The summed E-state index contributed by atoms with van der Waals surface area (Å²) >= 11 is 0. The Balaban J connectivity index is 1.43. The third kappa shape index (κ3) is 5.86. The van der Waals surface area contributed by atoms with Crippen LogP contribution in [0.2, 0.25) is 0 Å². The van der Waals surface area contributed by atoms with Gasteiger partial charge in [0, 0.05) is 31.9 Å². The monoisotopic (exact) mass is 458 g/mol. The Labute approximate surface area is 189 Å². The number of piperazine rings is 1. The zero-order chi connectivity index (χ0) is 23.3. The first kappa shape index (κ1) is 23.7. The third-order valence-corrected chi connectivity index (χ3v) is 7.14. The van der Waals surface area contributed by atoms with Gasteiger partial charge in [0.05, 0.1) is 18.0 Å². The van der Waals surface area contributed by atoms with Crippen LogP contribution in [0.4, 0.5) is 5.69 Å². The molecule has 1 fully saturated rings. The molecule has 172 valence electrons. The highest BCUT2D eigenvalue weighted by atomic mass is 32.2. The van der Waals surface area contributed by atoms with Gasteiger partial charge in [-0.05, 0) is 55.7 Å². The van der Waals surface area contributed by atoms with E-state index in [0.29, 0.717) is 13.1 Å². The first-order chi connectivity index (χ1) is 15.2. The quantitative estimate of drug-likeness (QED) is 0.653. The summed E-state index contributed by atoms with van der Waals surface area (Å²) in [6, 6.07) is 12.9. The molecule has 0 unspecified atom stereocenters. The fraction of sp³-hybridized carbons (Fsp3) is 0.391. The maximum absolute atomic E-state index is 12.5. The van der Waals surface area contributed by atoms with Crippen molar-refractivity contribution in [3.05, 3.63) is 59.2 Å². The van der Waals surface area contributed by atoms with Gasteiger partial charge >= 0.3 is 0 Å². The van der Waals surface area contributed by atoms with Gasteiger partial charge in [0.2, 0.25) is 21.8 Å². The van der Waals surface area contributed by atoms with Gasteiger partial charge in [-0.15, -0.1) is 0 Å². The Morgan fingerprint density at radius 3 is 2.22 bits per heavy atom. The number of anilines is 1. The zero-order valence-corrected chi connectivity index (χ0v) is 19.5. The molecule has 32 heavy (non-hydrogen) atoms. The molecular weight excluding hydrogens is 428 g/mol. The summed E-state index contributed by atoms with van der Waals surface area (Å²) in [4.78, 5) is 28.6. The number of sulfonamides is 1. The maximum atomic E-state index is 12.5. The second kappa shape index (κ2) is 10.1. The summed E-state index contributed by atoms with van der Waals surface area (Å²) in [7, 11) is -3.80. The van der Waals surface area contributed by atoms with Crippen LogP contribution in [0.25, 0.3) is 0 Å². The summed E-state index contributed by atoms with van der Waals surface area (Å²) in [6.07, 6.45) is 0. The summed E-state index contributed by atoms with van der Waals surface area (Å²) in [6.45, 7) is 7.79. The maximum Gasteiger partial charge on any atom is 0.242 e. The molecule has 2 amide bonds. The van der Waals surface area contributed by atoms with Crippen molar-refractivity contribution in [1.82, 2.24) is 14.9 Å². The summed E-state index contributed by atoms with van der Waals surface area (Å²) in [5, 5.41) is 2.51. The molecule has 3 rings (SSSR count). The van der Waals surface area contributed by atoms with Crippen LogP contribution < -0.4 is 14.9 Å². The van der Waals surface area contributed by atoms with E-state index in [4.69, 9.17) is 0 Å². The molecule has 1 aliphatic rings. The van der Waals surface area contributed by atoms with E-state index in [-0.39, 0.29) is 17.3 Å². The number of carbonyl (C=O) groups is 2. The van der Waals surface area contributed by atoms with Crippen LogP contribution in [0.3, 0.4) is 0 Å². The van der Waals surface area contributed by atoms with E-state index in [0.717, 1.165) is 24.2 Å². The molecular formula is C23H30N4O4S. The molecule has 0 saturated carbocycles. The molecule has 0 aliphatic carbocycles. The van der Waals surface area contributed by atoms with E-state index >= 15 is 0 Å². The van der Waals surface area contributed by atoms with Crippen LogP contribution in [-0.4, -0.2) is 64.4 Å². The predicted molar refractivity (Wildman–Crippen MR) is 124 cm³/mol. The standard InChI is InChI=1S/C23H30N4O4S/c1-17-8-9-20(14-19(17)3)32(30,31)25-15-22(28)24-16-23(29)27-12-10-26(11-13-27)21-7-5-4-6-18(21)2/h4-9,14,25H,10-13,15-16H2,1-3H3,(H,24,28). The highest BCUT2D eigenvalue weighted by Crippen LogP contribution is 2.20. The van der Waals surface area contributed by atoms with Crippen molar-refractivity contribution in [1.29, 1.82) is 0 Å². The van der Waals surface area contributed by atoms with Gasteiger partial charge < -0.3 is 15.1 Å². The van der Waals surface area contributed by atoms with E-state index in [1.54, 1.807) is 17.0 Å². The SMILES string of the molecule is Cc1ccc(S(=O)(=O)NCC(=O)NCC(=O)N2CCN(c3ccccc3C)CC2)cc1C. The average Bonchev–Trinajstić information content (AvgIpc) is 2.78. The van der Waals surface area contributed by atoms with Crippen LogP contribution >= 0.6 is 0 Å². The van der Waals surface area contributed by atoms with Crippen molar-refractivity contribution < 1.29 is 18.0 Å². The zero-order valence-electron chi connectivity index (χ0n) is 18.7. The second-order valence-corrected chi connectivity index (χ2v) is 9.77. The minimum Gasteiger partial charge on any atom is -0.368 e. The van der Waals surface area contributed by atoms with Gasteiger partial charge in [-0.3, -0.25) is 9.59 Å². The lowest BCUT2D eigenvalue weighted by Gasteiger charge is -2.36. The van der Waals surface area contributed by atoms with E-state index in [2.05, 4.69) is 34.0 Å². The number of amides is 2. The van der Waals surface area contributed by atoms with Gasteiger partial charge in [-0.1, -0.05) is 24.3 Å². The molecule has 0 radical (unpaired) electrons. The van der Waals surface area contributed by atoms with Crippen molar-refractivity contribution in [2.45, 2.75) is 25.7 Å². The van der Waals surface area contributed by atoms with E-state index in [1.165, 1.54) is 17.3 Å². The smallest absolute Gasteiger partial charge is 0.242 e. The van der Waals surface area contributed by atoms with Crippen LogP contribution in [-0.2, 0) is 19.6 Å². The van der Waals surface area contributed by atoms with Gasteiger partial charge in [-0.2, -0.15) is 0 Å². The number of nitrogens with one attached hydrogen (secondary N) is 2. The van der Waals surface area contributed by atoms with Crippen LogP contribution in [0.5, 0.6) is 0 Å². The number of rotatable bonds is 7. The molecule has 1 saturated heterocycles. The number of hydrogen-bond donors (Lipinski definition) is 2. The number of nitrogens with zero attached hydrogens (tertiary/aromatic N) is 2. The van der Waals surface area contributed by atoms with Crippen LogP contribution in [0.1, 0.15) is 16.7 Å². The van der Waals surface area contributed by atoms with Crippen LogP contribution in [0, 0.1) is 20.8 Å². The highest BCUT2D eigenvalue weighted by molar-refractivity contribution is 7.89. The van der Waals surface area contributed by atoms with Gasteiger partial charge in [0.1, 0.15) is 0 Å². The lowest BCUT2D eigenvalue weighted by Crippen LogP contribution is -2.52. The van der Waals surface area contributed by atoms with E-state index in [1.807, 2.05) is 26.0 Å². The molecule has 0 atom stereocenters. The Morgan fingerprint density at radius 2 is 1.56 bits per heavy atom. The Hall–Kier alpha value is -2.91. The van der Waals surface area contributed by atoms with E-state index in [9.17, 15) is 18.0 Å². The van der Waals surface area contributed by atoms with Crippen molar-refractivity contribution in [2.24, 2.45) is 0 Å². The molecule has 2 N–H and O–H groups in total. The average molecular weight is 459 g/mol. The van der Waals surface area contributed by atoms with Crippen molar-refractivity contribution in [3.63, 3.8) is 0 Å². The molecule has 2 aromatic carbocycles. The minimum atomic E-state index is -3.80. The first-order valence-electron chi connectivity index (χ1n) is 10.6. The molecule has 1 aliphatic heterocycles. The van der Waals surface area contributed by atoms with Gasteiger partial charge in [0.15, 0.2) is 0 Å². The van der Waals surface area contributed by atoms with Gasteiger partial charge in [0.25, 0.3) is 0 Å². The van der Waals surface area contributed by atoms with Crippen molar-refractivity contribution in [2.75, 3.05) is 44.2 Å². The summed E-state index contributed by atoms with van der Waals surface area (Å²) in [5.74, 6) is -0.732. The summed E-state index contributed by atoms with van der Waals surface area (Å²) < 4.78 is 27.1. The molecule has 0 spiro atoms. The fourth-order valence-electron chi connectivity index (χ4n) is 3.59. The Bertz CT molecular complexity index is 1090. The molecule has 9 heteroatoms. The first-order valence-corrected chi connectivity index (χ1v) is 12.1. The van der Waals surface area contributed by atoms with Gasteiger partial charge in [-0.25, -0.2) is 13.1 Å². The molecule has 0 bridgehead atoms. The molecule has 8 nitrogen and oxygen atoms in total. The lowest BCUT2D eigenvalue weighted by atomic mass is 10.1. The lowest BCUT2D eigenvalue weighted by molar-refractivity contribution is -0.132. The second-order valence-electron chi connectivity index (χ2n) is 8.00. The number of hydrogen-bond acceptors (Lipinski definition) is 5. The highest BCUT2D eigenvalue weighted by Gasteiger charge is 2.22. The molecule has 0 aromatic heterocycles. The van der Waals surface area contributed by atoms with Crippen LogP contribution in [0.15, 0.2) is 47.4 Å². The van der Waals surface area contributed by atoms with E-state index < -0.39 is 22.5 Å². The number of benzene rings is 2. The number of carbonyl (C=O) groups excluding carboxylic acids is 2. The van der Waals surface area contributed by atoms with Crippen molar-refractivity contribution in [3.8, 4) is 0 Å². The largest absolute Gasteiger partial charge is 0.368 e. The number of aryl methyl sites for hydroxylation is 3. The summed E-state index contributed by atoms with van der Waals surface area (Å²) in [5.41, 5.74) is 4.21. The fourth-order valence-corrected chi connectivity index (χ4v) is 4.66. The Morgan fingerprint density at radius 1 is 0.875 bits per heavy atom. The molecule has 2 aromatic rings. The topological polar surface area (TPSA) is 98.8 Å². The van der Waals surface area contributed by atoms with Crippen molar-refractivity contribution >= 4 is 27.5 Å². The molecule has 1 heterocycles. The number of para-hydroxylation sites is 1. The predicted octanol–water partition coefficient (Wildman–Crippen LogP) is 1.36. The minimum absolute atomic E-state index is 0.107. The Kier molecular flexibility index (Phi) is 7.52. The normalized spacial score (nSPS) is 14.3.